The summed E-state index contributed by atoms with van der Waals surface area (Å²) in [5.74, 6) is -0.454. The van der Waals surface area contributed by atoms with Crippen LogP contribution >= 0.6 is 70.4 Å². The number of rotatable bonds is 6. The molecule has 1 fully saturated rings. The van der Waals surface area contributed by atoms with Crippen LogP contribution in [0.1, 0.15) is 18.4 Å². The van der Waals surface area contributed by atoms with Crippen molar-refractivity contribution in [2.24, 2.45) is 0 Å². The van der Waals surface area contributed by atoms with E-state index in [2.05, 4.69) is 5.32 Å². The molecule has 1 aliphatic heterocycles. The molecule has 1 N–H and O–H groups in total. The number of hydrogen-bond donors (Lipinski definition) is 1. The van der Waals surface area contributed by atoms with E-state index in [0.717, 1.165) is 5.56 Å². The van der Waals surface area contributed by atoms with Gasteiger partial charge in [0.15, 0.2) is 0 Å². The lowest BCUT2D eigenvalue weighted by atomic mass is 10.2. The Morgan fingerprint density at radius 1 is 1.07 bits per heavy atom. The molecule has 30 heavy (non-hydrogen) atoms. The minimum Gasteiger partial charge on any atom is -0.325 e. The van der Waals surface area contributed by atoms with Gasteiger partial charge in [-0.05, 0) is 36.3 Å². The lowest BCUT2D eigenvalue weighted by Crippen LogP contribution is -2.29. The highest BCUT2D eigenvalue weighted by Gasteiger charge is 2.31. The summed E-state index contributed by atoms with van der Waals surface area (Å²) in [6.07, 6.45) is 2.33. The summed E-state index contributed by atoms with van der Waals surface area (Å²) >= 11 is 30.6. The average molecular weight is 520 g/mol. The fourth-order valence-corrected chi connectivity index (χ4v) is 4.74. The number of halogens is 4. The quantitative estimate of drug-likeness (QED) is 0.255. The van der Waals surface area contributed by atoms with Crippen molar-refractivity contribution in [3.63, 3.8) is 0 Å². The van der Waals surface area contributed by atoms with Gasteiger partial charge in [0.05, 0.1) is 25.7 Å². The van der Waals surface area contributed by atoms with Gasteiger partial charge in [-0.15, -0.1) is 0 Å². The molecule has 0 radical (unpaired) electrons. The zero-order valence-electron chi connectivity index (χ0n) is 15.3. The van der Waals surface area contributed by atoms with Crippen molar-refractivity contribution in [3.05, 3.63) is 67.0 Å². The zero-order chi connectivity index (χ0) is 21.8. The van der Waals surface area contributed by atoms with Gasteiger partial charge in [-0.25, -0.2) is 0 Å². The lowest BCUT2D eigenvalue weighted by molar-refractivity contribution is -0.122. The van der Waals surface area contributed by atoms with E-state index in [1.165, 1.54) is 28.8 Å². The molecule has 0 aliphatic carbocycles. The smallest absolute Gasteiger partial charge is 0.266 e. The van der Waals surface area contributed by atoms with E-state index in [0.29, 0.717) is 48.0 Å². The normalized spacial score (nSPS) is 15.2. The summed E-state index contributed by atoms with van der Waals surface area (Å²) in [6.45, 7) is 0.326. The van der Waals surface area contributed by atoms with Gasteiger partial charge in [0.25, 0.3) is 5.91 Å². The summed E-state index contributed by atoms with van der Waals surface area (Å²) in [5.41, 5.74) is 1.13. The molecule has 1 saturated heterocycles. The lowest BCUT2D eigenvalue weighted by Gasteiger charge is -2.14. The molecular formula is C20H14Cl4N2O2S2. The number of amides is 2. The molecule has 10 heteroatoms. The first kappa shape index (κ1) is 23.4. The molecule has 2 aromatic carbocycles. The van der Waals surface area contributed by atoms with E-state index in [1.54, 1.807) is 12.1 Å². The molecule has 3 rings (SSSR count). The fourth-order valence-electron chi connectivity index (χ4n) is 2.65. The van der Waals surface area contributed by atoms with Crippen molar-refractivity contribution in [3.8, 4) is 0 Å². The number of anilines is 1. The maximum atomic E-state index is 12.7. The second kappa shape index (κ2) is 10.4. The van der Waals surface area contributed by atoms with Crippen molar-refractivity contribution in [2.45, 2.75) is 12.8 Å². The molecule has 2 aromatic rings. The van der Waals surface area contributed by atoms with Gasteiger partial charge >= 0.3 is 0 Å². The summed E-state index contributed by atoms with van der Waals surface area (Å²) < 4.78 is 0.450. The largest absolute Gasteiger partial charge is 0.325 e. The van der Waals surface area contributed by atoms with Gasteiger partial charge < -0.3 is 5.32 Å². The molecule has 0 bridgehead atoms. The number of thiocarbonyl (C=S) groups is 1. The van der Waals surface area contributed by atoms with Gasteiger partial charge in [-0.2, -0.15) is 0 Å². The van der Waals surface area contributed by atoms with Crippen LogP contribution in [0.25, 0.3) is 6.08 Å². The molecule has 4 nitrogen and oxygen atoms in total. The average Bonchev–Trinajstić information content (AvgIpc) is 2.95. The molecule has 0 atom stereocenters. The Morgan fingerprint density at radius 3 is 2.50 bits per heavy atom. The molecule has 0 saturated carbocycles. The van der Waals surface area contributed by atoms with Crippen molar-refractivity contribution in [1.29, 1.82) is 0 Å². The van der Waals surface area contributed by atoms with Crippen LogP contribution in [0.15, 0.2) is 41.3 Å². The van der Waals surface area contributed by atoms with Crippen LogP contribution < -0.4 is 5.32 Å². The standard InChI is InChI=1S/C20H14Cl4N2O2S2/c21-12-5-2-1-4-11(12)8-17-19(28)26(20(29)30-17)7-3-6-18(27)25-16-10-14(23)13(22)9-15(16)24/h1-2,4-5,8-10H,3,6-7H2,(H,25,27)/b17-8-. The van der Waals surface area contributed by atoms with E-state index in [1.807, 2.05) is 18.2 Å². The maximum Gasteiger partial charge on any atom is 0.266 e. The Kier molecular flexibility index (Phi) is 8.07. The van der Waals surface area contributed by atoms with Crippen molar-refractivity contribution in [1.82, 2.24) is 4.90 Å². The van der Waals surface area contributed by atoms with Crippen LogP contribution in [-0.4, -0.2) is 27.6 Å². The Bertz CT molecular complexity index is 1060. The van der Waals surface area contributed by atoms with Gasteiger partial charge in [-0.1, -0.05) is 88.6 Å². The van der Waals surface area contributed by atoms with Crippen LogP contribution in [0.2, 0.25) is 20.1 Å². The Morgan fingerprint density at radius 2 is 1.77 bits per heavy atom. The summed E-state index contributed by atoms with van der Waals surface area (Å²) in [7, 11) is 0. The number of benzene rings is 2. The number of carbonyl (C=O) groups is 2. The fraction of sp³-hybridized carbons (Fsp3) is 0.150. The Balaban J connectivity index is 1.56. The Hall–Kier alpha value is -1.28. The third kappa shape index (κ3) is 5.69. The monoisotopic (exact) mass is 518 g/mol. The van der Waals surface area contributed by atoms with Gasteiger partial charge in [0.1, 0.15) is 4.32 Å². The van der Waals surface area contributed by atoms with E-state index in [-0.39, 0.29) is 18.2 Å². The van der Waals surface area contributed by atoms with Crippen molar-refractivity contribution in [2.75, 3.05) is 11.9 Å². The molecular weight excluding hydrogens is 506 g/mol. The maximum absolute atomic E-state index is 12.7. The molecule has 156 valence electrons. The first-order chi connectivity index (χ1) is 14.3. The SMILES string of the molecule is O=C(CCCN1C(=O)/C(=C/c2ccccc2Cl)SC1=S)Nc1cc(Cl)c(Cl)cc1Cl. The Labute approximate surface area is 203 Å². The second-order valence-electron chi connectivity index (χ2n) is 6.25. The van der Waals surface area contributed by atoms with E-state index < -0.39 is 0 Å². The number of nitrogens with zero attached hydrogens (tertiary/aromatic N) is 1. The van der Waals surface area contributed by atoms with Crippen LogP contribution in [0, 0.1) is 0 Å². The first-order valence-electron chi connectivity index (χ1n) is 8.70. The third-order valence-electron chi connectivity index (χ3n) is 4.14. The van der Waals surface area contributed by atoms with Gasteiger partial charge in [0.2, 0.25) is 5.91 Å². The highest BCUT2D eigenvalue weighted by Crippen LogP contribution is 2.34. The predicted octanol–water partition coefficient (Wildman–Crippen LogP) is 6.92. The van der Waals surface area contributed by atoms with E-state index in [4.69, 9.17) is 58.6 Å². The molecule has 1 heterocycles. The third-order valence-corrected chi connectivity index (χ3v) is 6.89. The molecule has 1 aliphatic rings. The number of thioether (sulfide) groups is 1. The zero-order valence-corrected chi connectivity index (χ0v) is 19.9. The van der Waals surface area contributed by atoms with Gasteiger partial charge in [-0.3, -0.25) is 14.5 Å². The topological polar surface area (TPSA) is 49.4 Å². The first-order valence-corrected chi connectivity index (χ1v) is 11.4. The highest BCUT2D eigenvalue weighted by molar-refractivity contribution is 8.26. The van der Waals surface area contributed by atoms with Crippen LogP contribution in [0.4, 0.5) is 5.69 Å². The molecule has 0 spiro atoms. The highest BCUT2D eigenvalue weighted by atomic mass is 35.5. The number of carbonyl (C=O) groups excluding carboxylic acids is 2. The van der Waals surface area contributed by atoms with Crippen LogP contribution in [0.3, 0.4) is 0 Å². The minimum absolute atomic E-state index is 0.178. The van der Waals surface area contributed by atoms with Crippen LogP contribution in [-0.2, 0) is 9.59 Å². The van der Waals surface area contributed by atoms with E-state index >= 15 is 0 Å². The van der Waals surface area contributed by atoms with Crippen molar-refractivity contribution < 1.29 is 9.59 Å². The number of nitrogens with one attached hydrogen (secondary N) is 1. The molecule has 0 aromatic heterocycles. The second-order valence-corrected chi connectivity index (χ2v) is 9.56. The van der Waals surface area contributed by atoms with Gasteiger partial charge in [0, 0.05) is 18.0 Å². The minimum atomic E-state index is -0.257. The van der Waals surface area contributed by atoms with Crippen molar-refractivity contribution >= 4 is 98.3 Å². The number of hydrogen-bond acceptors (Lipinski definition) is 4. The summed E-state index contributed by atoms with van der Waals surface area (Å²) in [4.78, 5) is 26.9. The molecule has 2 amide bonds. The predicted molar refractivity (Wildman–Crippen MR) is 131 cm³/mol. The van der Waals surface area contributed by atoms with E-state index in [9.17, 15) is 9.59 Å². The summed E-state index contributed by atoms with van der Waals surface area (Å²) in [6, 6.07) is 10.2. The molecule has 0 unspecified atom stereocenters. The van der Waals surface area contributed by atoms with Crippen LogP contribution in [0.5, 0.6) is 0 Å². The summed E-state index contributed by atoms with van der Waals surface area (Å²) in [5, 5.41) is 4.13.